The zero-order valence-corrected chi connectivity index (χ0v) is 20.8. The Bertz CT molecular complexity index is 1430. The standard InChI is InChI=1S/C24H26F2N6O4S/c1-37(34,32-24(33)28-6-5-27)14-15-9-22-30-21-12-18(19(26)13-29-21)17-4-3-16(25)11-20(17)35-7-2-8-36-23(10-15)31-22/h3-4,9-13H,2,5-8,14,27H2,1H3,(H,28,33)(H,29,30,31). The number of aromatic nitrogens is 2. The van der Waals surface area contributed by atoms with Crippen molar-refractivity contribution >= 4 is 27.4 Å². The molecule has 3 aromatic rings. The van der Waals surface area contributed by atoms with E-state index in [4.69, 9.17) is 15.2 Å². The van der Waals surface area contributed by atoms with Gasteiger partial charge in [-0.15, -0.1) is 4.36 Å². The summed E-state index contributed by atoms with van der Waals surface area (Å²) in [4.78, 5) is 20.4. The molecule has 4 rings (SSSR count). The van der Waals surface area contributed by atoms with Crippen molar-refractivity contribution in [2.75, 3.05) is 37.9 Å². The number of benzene rings is 1. The van der Waals surface area contributed by atoms with E-state index in [1.807, 2.05) is 0 Å². The van der Waals surface area contributed by atoms with Gasteiger partial charge in [0.2, 0.25) is 5.88 Å². The van der Waals surface area contributed by atoms with Crippen molar-refractivity contribution in [1.82, 2.24) is 15.3 Å². The molecule has 1 aromatic carbocycles. The van der Waals surface area contributed by atoms with Gasteiger partial charge < -0.3 is 25.8 Å². The van der Waals surface area contributed by atoms with Gasteiger partial charge in [0.15, 0.2) is 0 Å². The number of ether oxygens (including phenoxy) is 2. The number of carbonyl (C=O) groups is 1. The fourth-order valence-corrected chi connectivity index (χ4v) is 4.87. The van der Waals surface area contributed by atoms with E-state index in [2.05, 4.69) is 25.0 Å². The van der Waals surface area contributed by atoms with E-state index in [1.165, 1.54) is 30.5 Å². The fraction of sp³-hybridized carbons (Fsp3) is 0.292. The molecular formula is C24H26F2N6O4S. The second-order valence-electron chi connectivity index (χ2n) is 8.28. The summed E-state index contributed by atoms with van der Waals surface area (Å²) in [5.74, 6) is -0.194. The van der Waals surface area contributed by atoms with Crippen LogP contribution in [0.25, 0.3) is 11.1 Å². The second-order valence-corrected chi connectivity index (χ2v) is 10.7. The summed E-state index contributed by atoms with van der Waals surface area (Å²) in [5.41, 5.74) is 6.44. The lowest BCUT2D eigenvalue weighted by atomic mass is 10.0. The summed E-state index contributed by atoms with van der Waals surface area (Å²) in [7, 11) is -2.94. The van der Waals surface area contributed by atoms with Crippen LogP contribution in [0.15, 0.2) is 47.0 Å². The number of carbonyl (C=O) groups excluding carboxylic acids is 1. The molecule has 0 saturated heterocycles. The van der Waals surface area contributed by atoms with Gasteiger partial charge in [-0.25, -0.2) is 22.8 Å². The van der Waals surface area contributed by atoms with E-state index < -0.39 is 27.4 Å². The number of rotatable bonds is 4. The first-order chi connectivity index (χ1) is 17.7. The van der Waals surface area contributed by atoms with Gasteiger partial charge in [-0.1, -0.05) is 0 Å². The predicted octanol–water partition coefficient (Wildman–Crippen LogP) is 3.59. The Kier molecular flexibility index (Phi) is 8.14. The van der Waals surface area contributed by atoms with Crippen LogP contribution in [-0.2, 0) is 15.5 Å². The lowest BCUT2D eigenvalue weighted by molar-refractivity contribution is 0.242. The van der Waals surface area contributed by atoms with Crippen LogP contribution in [0.4, 0.5) is 25.2 Å². The molecule has 13 heteroatoms. The third-order valence-corrected chi connectivity index (χ3v) is 6.56. The molecule has 1 aliphatic heterocycles. The second kappa shape index (κ2) is 11.5. The van der Waals surface area contributed by atoms with Crippen molar-refractivity contribution in [1.29, 1.82) is 0 Å². The number of amides is 2. The van der Waals surface area contributed by atoms with Crippen LogP contribution in [0, 0.1) is 11.6 Å². The van der Waals surface area contributed by atoms with E-state index in [0.717, 1.165) is 6.20 Å². The van der Waals surface area contributed by atoms with Gasteiger partial charge in [0, 0.05) is 49.0 Å². The highest BCUT2D eigenvalue weighted by molar-refractivity contribution is 7.92. The van der Waals surface area contributed by atoms with E-state index in [1.54, 1.807) is 12.1 Å². The monoisotopic (exact) mass is 532 g/mol. The summed E-state index contributed by atoms with van der Waals surface area (Å²) in [6, 6.07) is 7.83. The van der Waals surface area contributed by atoms with Crippen molar-refractivity contribution in [2.45, 2.75) is 12.2 Å². The number of hydrogen-bond acceptors (Lipinski definition) is 8. The SMILES string of the molecule is CS(=O)(Cc1cc2nc(c1)OCCCOc1cc(F)ccc1-c1cc(ncc1F)N2)=NC(=O)NCCN. The van der Waals surface area contributed by atoms with Crippen molar-refractivity contribution in [3.8, 4) is 22.8 Å². The molecule has 37 heavy (non-hydrogen) atoms. The highest BCUT2D eigenvalue weighted by atomic mass is 32.2. The Balaban J connectivity index is 1.70. The van der Waals surface area contributed by atoms with Crippen molar-refractivity contribution in [3.05, 3.63) is 59.8 Å². The molecule has 1 aliphatic rings. The zero-order valence-electron chi connectivity index (χ0n) is 20.0. The first-order valence-electron chi connectivity index (χ1n) is 11.4. The maximum Gasteiger partial charge on any atom is 0.349 e. The Morgan fingerprint density at radius 1 is 1.16 bits per heavy atom. The van der Waals surface area contributed by atoms with Crippen molar-refractivity contribution < 1.29 is 27.3 Å². The molecule has 2 aromatic heterocycles. The third-order valence-electron chi connectivity index (χ3n) is 5.13. The lowest BCUT2D eigenvalue weighted by Gasteiger charge is -2.16. The van der Waals surface area contributed by atoms with Crippen molar-refractivity contribution in [2.24, 2.45) is 10.1 Å². The molecule has 196 valence electrons. The van der Waals surface area contributed by atoms with Crippen LogP contribution >= 0.6 is 0 Å². The summed E-state index contributed by atoms with van der Waals surface area (Å²) < 4.78 is 56.9. The Morgan fingerprint density at radius 3 is 2.78 bits per heavy atom. The van der Waals surface area contributed by atoms with Gasteiger partial charge in [-0.05, 0) is 29.8 Å². The molecule has 0 aliphatic carbocycles. The Hall–Kier alpha value is -3.84. The number of pyridine rings is 2. The molecule has 0 radical (unpaired) electrons. The molecule has 4 N–H and O–H groups in total. The molecule has 0 saturated carbocycles. The van der Waals surface area contributed by atoms with Crippen LogP contribution in [0.1, 0.15) is 12.0 Å². The van der Waals surface area contributed by atoms with E-state index >= 15 is 0 Å². The molecule has 4 bridgehead atoms. The van der Waals surface area contributed by atoms with Crippen LogP contribution in [0.3, 0.4) is 0 Å². The zero-order chi connectivity index (χ0) is 26.4. The molecule has 3 heterocycles. The first kappa shape index (κ1) is 26.2. The van der Waals surface area contributed by atoms with E-state index in [0.29, 0.717) is 23.4 Å². The lowest BCUT2D eigenvalue weighted by Crippen LogP contribution is -2.27. The third kappa shape index (κ3) is 7.11. The first-order valence-corrected chi connectivity index (χ1v) is 13.5. The highest BCUT2D eigenvalue weighted by Gasteiger charge is 2.16. The quantitative estimate of drug-likeness (QED) is 0.463. The number of halogens is 2. The largest absolute Gasteiger partial charge is 0.493 e. The number of fused-ring (bicyclic) bond motifs is 6. The molecule has 1 unspecified atom stereocenters. The van der Waals surface area contributed by atoms with Crippen molar-refractivity contribution in [3.63, 3.8) is 0 Å². The molecule has 0 fully saturated rings. The number of urea groups is 1. The average molecular weight is 533 g/mol. The van der Waals surface area contributed by atoms with Gasteiger partial charge in [0.1, 0.15) is 29.0 Å². The summed E-state index contributed by atoms with van der Waals surface area (Å²) in [6.07, 6.45) is 2.84. The minimum absolute atomic E-state index is 0.0548. The normalized spacial score (nSPS) is 14.5. The van der Waals surface area contributed by atoms with Gasteiger partial charge in [0.25, 0.3) is 0 Å². The average Bonchev–Trinajstić information content (AvgIpc) is 2.83. The number of nitrogens with one attached hydrogen (secondary N) is 2. The van der Waals surface area contributed by atoms with Gasteiger partial charge in [0.05, 0.1) is 34.9 Å². The Morgan fingerprint density at radius 2 is 1.97 bits per heavy atom. The number of nitrogens with zero attached hydrogens (tertiary/aromatic N) is 3. The molecule has 10 nitrogen and oxygen atoms in total. The summed E-state index contributed by atoms with van der Waals surface area (Å²) in [6.45, 7) is 0.847. The van der Waals surface area contributed by atoms with Gasteiger partial charge >= 0.3 is 6.03 Å². The summed E-state index contributed by atoms with van der Waals surface area (Å²) >= 11 is 0. The molecule has 0 spiro atoms. The minimum Gasteiger partial charge on any atom is -0.493 e. The predicted molar refractivity (Wildman–Crippen MR) is 135 cm³/mol. The summed E-state index contributed by atoms with van der Waals surface area (Å²) in [5, 5.41) is 5.47. The smallest absolute Gasteiger partial charge is 0.349 e. The maximum absolute atomic E-state index is 14.7. The Labute approximate surface area is 212 Å². The van der Waals surface area contributed by atoms with Crippen LogP contribution < -0.4 is 25.8 Å². The molecular weight excluding hydrogens is 506 g/mol. The van der Waals surface area contributed by atoms with Crippen LogP contribution in [0.2, 0.25) is 0 Å². The highest BCUT2D eigenvalue weighted by Crippen LogP contribution is 2.34. The van der Waals surface area contributed by atoms with Gasteiger partial charge in [-0.3, -0.25) is 0 Å². The van der Waals surface area contributed by atoms with E-state index in [9.17, 15) is 17.8 Å². The topological polar surface area (TPSA) is 141 Å². The minimum atomic E-state index is -2.94. The molecule has 2 amide bonds. The fourth-order valence-electron chi connectivity index (χ4n) is 3.61. The van der Waals surface area contributed by atoms with Gasteiger partial charge in [-0.2, -0.15) is 4.98 Å². The van der Waals surface area contributed by atoms with E-state index in [-0.39, 0.29) is 55.1 Å². The van der Waals surface area contributed by atoms with Crippen LogP contribution in [-0.4, -0.2) is 52.8 Å². The number of nitrogens with two attached hydrogens (primary N) is 1. The van der Waals surface area contributed by atoms with Crippen LogP contribution in [0.5, 0.6) is 11.6 Å². The molecule has 1 atom stereocenters. The number of anilines is 2. The number of hydrogen-bond donors (Lipinski definition) is 3. The maximum atomic E-state index is 14.7.